The lowest BCUT2D eigenvalue weighted by molar-refractivity contribution is -0.889. The summed E-state index contributed by atoms with van der Waals surface area (Å²) in [7, 11) is 5.36. The van der Waals surface area contributed by atoms with E-state index in [-0.39, 0.29) is 49.1 Å². The van der Waals surface area contributed by atoms with Crippen molar-refractivity contribution in [3.63, 3.8) is 0 Å². The van der Waals surface area contributed by atoms with E-state index in [0.29, 0.717) is 12.8 Å². The van der Waals surface area contributed by atoms with Crippen LogP contribution in [0.3, 0.4) is 0 Å². The van der Waals surface area contributed by atoms with Crippen molar-refractivity contribution in [3.05, 3.63) is 146 Å². The van der Waals surface area contributed by atoms with Crippen LogP contribution in [-0.4, -0.2) is 75.5 Å². The van der Waals surface area contributed by atoms with Gasteiger partial charge in [0.1, 0.15) is 12.6 Å². The van der Waals surface area contributed by atoms with Crippen LogP contribution in [-0.2, 0) is 28.6 Å². The minimum absolute atomic E-state index is 0.000848. The van der Waals surface area contributed by atoms with Gasteiger partial charge in [-0.2, -0.15) is 0 Å². The molecule has 338 valence electrons. The second-order valence-electron chi connectivity index (χ2n) is 15.5. The monoisotopic (exact) mass is 842 g/mol. The molecule has 0 heterocycles. The van der Waals surface area contributed by atoms with Crippen LogP contribution in [0.5, 0.6) is 0 Å². The Morgan fingerprint density at radius 3 is 1.38 bits per heavy atom. The number of unbranched alkanes of at least 4 members (excludes halogenated alkanes) is 9. The second kappa shape index (κ2) is 41.9. The van der Waals surface area contributed by atoms with Gasteiger partial charge in [0.15, 0.2) is 6.10 Å². The van der Waals surface area contributed by atoms with Crippen molar-refractivity contribution in [1.29, 1.82) is 0 Å². The van der Waals surface area contributed by atoms with E-state index in [0.717, 1.165) is 70.6 Å². The zero-order chi connectivity index (χ0) is 44.9. The number of aliphatic carboxylic acids is 1. The molecule has 0 aliphatic heterocycles. The van der Waals surface area contributed by atoms with Crippen LogP contribution in [0.15, 0.2) is 146 Å². The molecule has 0 aromatic heterocycles. The van der Waals surface area contributed by atoms with Crippen molar-refractivity contribution >= 4 is 17.9 Å². The molecule has 0 amide bonds. The largest absolute Gasteiger partial charge is 0.544 e. The van der Waals surface area contributed by atoms with E-state index in [1.165, 1.54) is 6.42 Å². The van der Waals surface area contributed by atoms with Gasteiger partial charge in [-0.05, 0) is 51.4 Å². The van der Waals surface area contributed by atoms with E-state index in [1.54, 1.807) is 21.1 Å². The van der Waals surface area contributed by atoms with Crippen LogP contribution >= 0.6 is 0 Å². The lowest BCUT2D eigenvalue weighted by Gasteiger charge is -2.34. The molecule has 0 aromatic rings. The summed E-state index contributed by atoms with van der Waals surface area (Å²) in [5.41, 5.74) is 0. The van der Waals surface area contributed by atoms with Crippen molar-refractivity contribution in [2.75, 3.05) is 41.0 Å². The lowest BCUT2D eigenvalue weighted by atomic mass is 10.1. The fourth-order valence-corrected chi connectivity index (χ4v) is 5.55. The average Bonchev–Trinajstić information content (AvgIpc) is 3.22. The maximum absolute atomic E-state index is 12.7. The highest BCUT2D eigenvalue weighted by molar-refractivity contribution is 5.70. The first-order chi connectivity index (χ1) is 29.6. The number of quaternary nitrogens is 1. The van der Waals surface area contributed by atoms with E-state index in [9.17, 15) is 19.5 Å². The molecular formula is C53H79NO7. The molecule has 0 spiro atoms. The molecule has 0 aliphatic rings. The Hall–Kier alpha value is -4.79. The van der Waals surface area contributed by atoms with Crippen LogP contribution in [0.4, 0.5) is 0 Å². The summed E-state index contributed by atoms with van der Waals surface area (Å²) in [5, 5.41) is 11.6. The van der Waals surface area contributed by atoms with Crippen molar-refractivity contribution in [2.45, 2.75) is 129 Å². The molecule has 2 atom stereocenters. The number of nitrogens with zero attached hydrogens (tertiary/aromatic N) is 1. The fourth-order valence-electron chi connectivity index (χ4n) is 5.55. The Labute approximate surface area is 370 Å². The van der Waals surface area contributed by atoms with Gasteiger partial charge in [-0.1, -0.05) is 192 Å². The van der Waals surface area contributed by atoms with Gasteiger partial charge in [0, 0.05) is 19.3 Å². The number of ether oxygens (including phenoxy) is 3. The summed E-state index contributed by atoms with van der Waals surface area (Å²) in [5.74, 6) is -1.86. The summed E-state index contributed by atoms with van der Waals surface area (Å²) in [6, 6.07) is -0.750. The quantitative estimate of drug-likeness (QED) is 0.0266. The number of carbonyl (C=O) groups excluding carboxylic acids is 3. The van der Waals surface area contributed by atoms with Crippen LogP contribution < -0.4 is 5.11 Å². The molecule has 0 rings (SSSR count). The van der Waals surface area contributed by atoms with E-state index in [4.69, 9.17) is 14.2 Å². The number of carboxylic acid groups (broad SMARTS) is 1. The Bertz CT molecular complexity index is 1490. The molecule has 0 fully saturated rings. The molecule has 0 saturated heterocycles. The minimum Gasteiger partial charge on any atom is -0.544 e. The highest BCUT2D eigenvalue weighted by Crippen LogP contribution is 2.12. The molecule has 0 N–H and O–H groups in total. The smallest absolute Gasteiger partial charge is 0.306 e. The first-order valence-electron chi connectivity index (χ1n) is 22.5. The van der Waals surface area contributed by atoms with Crippen molar-refractivity contribution in [2.24, 2.45) is 0 Å². The van der Waals surface area contributed by atoms with Gasteiger partial charge in [0.05, 0.1) is 40.3 Å². The number of rotatable bonds is 37. The van der Waals surface area contributed by atoms with Gasteiger partial charge >= 0.3 is 11.9 Å². The topological polar surface area (TPSA) is 102 Å². The third kappa shape index (κ3) is 40.4. The van der Waals surface area contributed by atoms with E-state index in [1.807, 2.05) is 109 Å². The Balaban J connectivity index is 4.55. The van der Waals surface area contributed by atoms with Crippen molar-refractivity contribution < 1.29 is 38.2 Å². The first kappa shape index (κ1) is 56.2. The number of allylic oxidation sites excluding steroid dienone is 24. The molecule has 0 aliphatic carbocycles. The third-order valence-electron chi connectivity index (χ3n) is 9.01. The maximum Gasteiger partial charge on any atom is 0.306 e. The molecule has 2 unspecified atom stereocenters. The first-order valence-corrected chi connectivity index (χ1v) is 22.5. The second-order valence-corrected chi connectivity index (χ2v) is 15.5. The standard InChI is InChI=1S/C53H79NO7/c1-6-8-10-12-14-16-18-20-22-24-26-28-30-32-34-36-38-40-42-44-52(56)61-49(47-59-46-45-50(53(57)58)54(3,4)5)48-60-51(55)43-41-39-37-35-33-31-29-27-25-23-21-19-17-15-13-11-9-7-2/h8,10-30,32,34,49-50H,6-7,9,31,33,35-48H2,1-5H3/b10-8+,13-11+,14-12+,17-15+,18-16+,21-19+,22-20+,25-23+,26-24+,29-27+,30-28+,34-32+. The summed E-state index contributed by atoms with van der Waals surface area (Å²) in [6.45, 7) is 4.31. The fraction of sp³-hybridized carbons (Fsp3) is 0.491. The van der Waals surface area contributed by atoms with Gasteiger partial charge < -0.3 is 28.6 Å². The molecule has 0 radical (unpaired) electrons. The average molecular weight is 842 g/mol. The van der Waals surface area contributed by atoms with Crippen LogP contribution in [0.1, 0.15) is 117 Å². The highest BCUT2D eigenvalue weighted by atomic mass is 16.6. The van der Waals surface area contributed by atoms with Crippen molar-refractivity contribution in [3.8, 4) is 0 Å². The predicted molar refractivity (Wildman–Crippen MR) is 253 cm³/mol. The zero-order valence-electron chi connectivity index (χ0n) is 38.3. The van der Waals surface area contributed by atoms with Gasteiger partial charge in [-0.3, -0.25) is 9.59 Å². The third-order valence-corrected chi connectivity index (χ3v) is 9.01. The summed E-state index contributed by atoms with van der Waals surface area (Å²) in [4.78, 5) is 36.9. The van der Waals surface area contributed by atoms with Crippen LogP contribution in [0, 0.1) is 0 Å². The molecule has 61 heavy (non-hydrogen) atoms. The number of carbonyl (C=O) groups is 3. The molecular weight excluding hydrogens is 763 g/mol. The Morgan fingerprint density at radius 2 is 0.918 bits per heavy atom. The summed E-state index contributed by atoms with van der Waals surface area (Å²) in [6.07, 6.45) is 61.5. The lowest BCUT2D eigenvalue weighted by Crippen LogP contribution is -2.55. The highest BCUT2D eigenvalue weighted by Gasteiger charge is 2.25. The van der Waals surface area contributed by atoms with E-state index in [2.05, 4.69) is 50.3 Å². The van der Waals surface area contributed by atoms with Crippen LogP contribution in [0.2, 0.25) is 0 Å². The summed E-state index contributed by atoms with van der Waals surface area (Å²) < 4.78 is 17.1. The number of likely N-dealkylation sites (N-methyl/N-ethyl adjacent to an activating group) is 1. The van der Waals surface area contributed by atoms with Gasteiger partial charge in [0.2, 0.25) is 0 Å². The number of hydrogen-bond acceptors (Lipinski definition) is 7. The molecule has 0 saturated carbocycles. The SMILES string of the molecule is CC/C=C/C=C/C=C/C=C/C=C/C=C/C=C/CCCCCC(=O)OC(COCCC(C(=O)[O-])[N+](C)(C)C)COC(=O)CCCCCCC/C=C/C=C/C=C/C=C/C=C/CCC. The molecule has 8 heteroatoms. The normalized spacial score (nSPS) is 14.3. The number of esters is 2. The van der Waals surface area contributed by atoms with E-state index >= 15 is 0 Å². The van der Waals surface area contributed by atoms with Gasteiger partial charge in [-0.25, -0.2) is 0 Å². The van der Waals surface area contributed by atoms with Gasteiger partial charge in [-0.15, -0.1) is 0 Å². The molecule has 8 nitrogen and oxygen atoms in total. The number of carboxylic acids is 1. The van der Waals surface area contributed by atoms with Crippen LogP contribution in [0.25, 0.3) is 0 Å². The van der Waals surface area contributed by atoms with Crippen molar-refractivity contribution in [1.82, 2.24) is 0 Å². The molecule has 0 aromatic carbocycles. The summed E-state index contributed by atoms with van der Waals surface area (Å²) >= 11 is 0. The zero-order valence-corrected chi connectivity index (χ0v) is 38.3. The van der Waals surface area contributed by atoms with E-state index < -0.39 is 18.1 Å². The molecule has 0 bridgehead atoms. The predicted octanol–water partition coefficient (Wildman–Crippen LogP) is 11.2. The Morgan fingerprint density at radius 1 is 0.508 bits per heavy atom. The minimum atomic E-state index is -1.15. The Kier molecular flexibility index (Phi) is 38.6. The van der Waals surface area contributed by atoms with Gasteiger partial charge in [0.25, 0.3) is 0 Å². The maximum atomic E-state index is 12.7. The number of hydrogen-bond donors (Lipinski definition) is 0.